The summed E-state index contributed by atoms with van der Waals surface area (Å²) in [4.78, 5) is 17.1. The number of nitrogens with one attached hydrogen (secondary N) is 1. The molecule has 0 unspecified atom stereocenters. The Labute approximate surface area is 191 Å². The molecule has 1 fully saturated rings. The van der Waals surface area contributed by atoms with Crippen molar-refractivity contribution in [1.82, 2.24) is 15.1 Å². The first-order valence-corrected chi connectivity index (χ1v) is 11.2. The predicted molar refractivity (Wildman–Crippen MR) is 129 cm³/mol. The molecule has 1 aliphatic rings. The Morgan fingerprint density at radius 3 is 2.38 bits per heavy atom. The van der Waals surface area contributed by atoms with Gasteiger partial charge in [-0.2, -0.15) is 0 Å². The van der Waals surface area contributed by atoms with Crippen LogP contribution in [0.25, 0.3) is 6.08 Å². The number of hydrogen-bond donors (Lipinski definition) is 1. The number of ether oxygens (including phenoxy) is 2. The summed E-state index contributed by atoms with van der Waals surface area (Å²) in [5.74, 6) is 1.21. The van der Waals surface area contributed by atoms with Gasteiger partial charge < -0.3 is 19.7 Å². The van der Waals surface area contributed by atoms with E-state index < -0.39 is 0 Å². The lowest BCUT2D eigenvalue weighted by Gasteiger charge is -2.32. The zero-order valence-electron chi connectivity index (χ0n) is 19.6. The SMILES string of the molecule is COc1cc(/C=C/C(=O)NCc2ccc(CN3CCN(C)CC3)cc2)ccc1OC(C)C. The van der Waals surface area contributed by atoms with Gasteiger partial charge >= 0.3 is 0 Å². The molecule has 2 aromatic rings. The highest BCUT2D eigenvalue weighted by molar-refractivity contribution is 5.91. The van der Waals surface area contributed by atoms with Gasteiger partial charge in [0.2, 0.25) is 5.91 Å². The molecule has 3 rings (SSSR count). The van der Waals surface area contributed by atoms with Crippen molar-refractivity contribution in [2.75, 3.05) is 40.3 Å². The quantitative estimate of drug-likeness (QED) is 0.608. The summed E-state index contributed by atoms with van der Waals surface area (Å²) < 4.78 is 11.1. The predicted octanol–water partition coefficient (Wildman–Crippen LogP) is 3.56. The van der Waals surface area contributed by atoms with Crippen molar-refractivity contribution in [3.05, 3.63) is 65.2 Å². The Balaban J connectivity index is 1.47. The minimum absolute atomic E-state index is 0.0666. The Hall–Kier alpha value is -2.83. The lowest BCUT2D eigenvalue weighted by atomic mass is 10.1. The van der Waals surface area contributed by atoms with Gasteiger partial charge in [0.15, 0.2) is 11.5 Å². The van der Waals surface area contributed by atoms with Crippen molar-refractivity contribution in [3.63, 3.8) is 0 Å². The average molecular weight is 438 g/mol. The molecule has 172 valence electrons. The molecular formula is C26H35N3O3. The van der Waals surface area contributed by atoms with E-state index in [1.165, 1.54) is 5.56 Å². The molecule has 1 N–H and O–H groups in total. The first-order chi connectivity index (χ1) is 15.4. The fraction of sp³-hybridized carbons (Fsp3) is 0.423. The van der Waals surface area contributed by atoms with E-state index in [4.69, 9.17) is 9.47 Å². The van der Waals surface area contributed by atoms with Crippen molar-refractivity contribution in [1.29, 1.82) is 0 Å². The molecule has 32 heavy (non-hydrogen) atoms. The molecule has 0 aromatic heterocycles. The number of likely N-dealkylation sites (N-methyl/N-ethyl adjacent to an activating group) is 1. The molecule has 0 bridgehead atoms. The van der Waals surface area contributed by atoms with E-state index in [-0.39, 0.29) is 12.0 Å². The van der Waals surface area contributed by atoms with Gasteiger partial charge in [-0.3, -0.25) is 9.69 Å². The van der Waals surface area contributed by atoms with Gasteiger partial charge in [-0.15, -0.1) is 0 Å². The summed E-state index contributed by atoms with van der Waals surface area (Å²) in [7, 11) is 3.78. The maximum atomic E-state index is 12.2. The highest BCUT2D eigenvalue weighted by atomic mass is 16.5. The number of methoxy groups -OCH3 is 1. The van der Waals surface area contributed by atoms with E-state index in [1.54, 1.807) is 19.3 Å². The molecule has 0 radical (unpaired) electrons. The Bertz CT molecular complexity index is 901. The molecule has 0 spiro atoms. The van der Waals surface area contributed by atoms with E-state index in [2.05, 4.69) is 46.4 Å². The zero-order valence-corrected chi connectivity index (χ0v) is 19.6. The van der Waals surface area contributed by atoms with Crippen LogP contribution in [0.4, 0.5) is 0 Å². The van der Waals surface area contributed by atoms with Gasteiger partial charge in [0.1, 0.15) is 0 Å². The Morgan fingerprint density at radius 2 is 1.72 bits per heavy atom. The smallest absolute Gasteiger partial charge is 0.244 e. The maximum Gasteiger partial charge on any atom is 0.244 e. The second kappa shape index (κ2) is 11.7. The first kappa shape index (κ1) is 23.8. The van der Waals surface area contributed by atoms with Crippen molar-refractivity contribution in [3.8, 4) is 11.5 Å². The summed E-state index contributed by atoms with van der Waals surface area (Å²) in [5.41, 5.74) is 3.27. The van der Waals surface area contributed by atoms with Crippen LogP contribution < -0.4 is 14.8 Å². The monoisotopic (exact) mass is 437 g/mol. The van der Waals surface area contributed by atoms with Crippen molar-refractivity contribution in [2.24, 2.45) is 0 Å². The number of benzene rings is 2. The Kier molecular flexibility index (Phi) is 8.71. The van der Waals surface area contributed by atoms with Crippen molar-refractivity contribution in [2.45, 2.75) is 33.0 Å². The van der Waals surface area contributed by atoms with Crippen LogP contribution in [0.2, 0.25) is 0 Å². The van der Waals surface area contributed by atoms with Gasteiger partial charge in [0.05, 0.1) is 13.2 Å². The fourth-order valence-electron chi connectivity index (χ4n) is 3.59. The van der Waals surface area contributed by atoms with Gasteiger partial charge in [-0.1, -0.05) is 30.3 Å². The number of piperazine rings is 1. The van der Waals surface area contributed by atoms with Crippen LogP contribution in [0.15, 0.2) is 48.5 Å². The molecule has 6 heteroatoms. The molecule has 1 heterocycles. The molecule has 1 aliphatic heterocycles. The number of amides is 1. The van der Waals surface area contributed by atoms with Gasteiger partial charge in [-0.25, -0.2) is 0 Å². The van der Waals surface area contributed by atoms with Crippen LogP contribution in [-0.2, 0) is 17.9 Å². The van der Waals surface area contributed by atoms with Crippen molar-refractivity contribution < 1.29 is 14.3 Å². The van der Waals surface area contributed by atoms with Gasteiger partial charge in [0, 0.05) is 45.3 Å². The van der Waals surface area contributed by atoms with E-state index in [9.17, 15) is 4.79 Å². The highest BCUT2D eigenvalue weighted by Gasteiger charge is 2.13. The minimum atomic E-state index is -0.131. The third kappa shape index (κ3) is 7.39. The molecule has 0 aliphatic carbocycles. The summed E-state index contributed by atoms with van der Waals surface area (Å²) in [6.07, 6.45) is 3.38. The van der Waals surface area contributed by atoms with Crippen LogP contribution in [0, 0.1) is 0 Å². The normalized spacial score (nSPS) is 15.3. The number of rotatable bonds is 9. The van der Waals surface area contributed by atoms with Gasteiger partial charge in [0.25, 0.3) is 0 Å². The van der Waals surface area contributed by atoms with Crippen LogP contribution in [0.3, 0.4) is 0 Å². The Morgan fingerprint density at radius 1 is 1.03 bits per heavy atom. The number of hydrogen-bond acceptors (Lipinski definition) is 5. The molecule has 1 saturated heterocycles. The van der Waals surface area contributed by atoms with Crippen LogP contribution in [-0.4, -0.2) is 62.1 Å². The summed E-state index contributed by atoms with van der Waals surface area (Å²) in [5, 5.41) is 2.94. The first-order valence-electron chi connectivity index (χ1n) is 11.2. The maximum absolute atomic E-state index is 12.2. The number of carbonyl (C=O) groups is 1. The topological polar surface area (TPSA) is 54.0 Å². The van der Waals surface area contributed by atoms with E-state index >= 15 is 0 Å². The average Bonchev–Trinajstić information content (AvgIpc) is 2.79. The minimum Gasteiger partial charge on any atom is -0.493 e. The lowest BCUT2D eigenvalue weighted by molar-refractivity contribution is -0.116. The standard InChI is InChI=1S/C26H35N3O3/c1-20(2)32-24-11-9-21(17-25(24)31-4)10-12-26(30)27-18-22-5-7-23(8-6-22)19-29-15-13-28(3)14-16-29/h5-12,17,20H,13-16,18-19H2,1-4H3,(H,27,30)/b12-10+. The van der Waals surface area contributed by atoms with Crippen LogP contribution >= 0.6 is 0 Å². The largest absolute Gasteiger partial charge is 0.493 e. The second-order valence-electron chi connectivity index (χ2n) is 8.52. The molecule has 1 amide bonds. The third-order valence-electron chi connectivity index (χ3n) is 5.47. The highest BCUT2D eigenvalue weighted by Crippen LogP contribution is 2.29. The second-order valence-corrected chi connectivity index (χ2v) is 8.52. The lowest BCUT2D eigenvalue weighted by Crippen LogP contribution is -2.43. The van der Waals surface area contributed by atoms with Crippen LogP contribution in [0.1, 0.15) is 30.5 Å². The van der Waals surface area contributed by atoms with Crippen LogP contribution in [0.5, 0.6) is 11.5 Å². The third-order valence-corrected chi connectivity index (χ3v) is 5.47. The fourth-order valence-corrected chi connectivity index (χ4v) is 3.59. The van der Waals surface area contributed by atoms with E-state index in [0.29, 0.717) is 18.0 Å². The molecule has 0 atom stereocenters. The summed E-state index contributed by atoms with van der Waals surface area (Å²) in [6.45, 7) is 9.90. The molecule has 2 aromatic carbocycles. The number of carbonyl (C=O) groups excluding carboxylic acids is 1. The molecular weight excluding hydrogens is 402 g/mol. The summed E-state index contributed by atoms with van der Waals surface area (Å²) in [6, 6.07) is 14.1. The van der Waals surface area contributed by atoms with Gasteiger partial charge in [-0.05, 0) is 55.8 Å². The van der Waals surface area contributed by atoms with Crippen molar-refractivity contribution >= 4 is 12.0 Å². The number of nitrogens with zero attached hydrogens (tertiary/aromatic N) is 2. The van der Waals surface area contributed by atoms with E-state index in [0.717, 1.165) is 43.9 Å². The van der Waals surface area contributed by atoms with E-state index in [1.807, 2.05) is 32.0 Å². The molecule has 6 nitrogen and oxygen atoms in total. The molecule has 0 saturated carbocycles. The zero-order chi connectivity index (χ0) is 22.9. The summed E-state index contributed by atoms with van der Waals surface area (Å²) >= 11 is 0.